The van der Waals surface area contributed by atoms with E-state index < -0.39 is 0 Å². The maximum absolute atomic E-state index is 3.61. The molecule has 0 amide bonds. The Hall–Kier alpha value is -0.860. The van der Waals surface area contributed by atoms with Crippen LogP contribution in [-0.2, 0) is 6.54 Å². The van der Waals surface area contributed by atoms with Gasteiger partial charge in [0.05, 0.1) is 0 Å². The fourth-order valence-corrected chi connectivity index (χ4v) is 2.70. The fraction of sp³-hybridized carbons (Fsp3) is 0.625. The molecule has 1 aliphatic heterocycles. The van der Waals surface area contributed by atoms with Crippen LogP contribution in [0.5, 0.6) is 0 Å². The Balaban J connectivity index is 1.96. The van der Waals surface area contributed by atoms with Gasteiger partial charge in [-0.3, -0.25) is 4.90 Å². The Labute approximate surface area is 111 Å². The summed E-state index contributed by atoms with van der Waals surface area (Å²) in [6.45, 7) is 8.95. The molecule has 1 aromatic carbocycles. The van der Waals surface area contributed by atoms with Gasteiger partial charge in [-0.05, 0) is 43.6 Å². The second-order valence-electron chi connectivity index (χ2n) is 5.21. The second kappa shape index (κ2) is 6.91. The highest BCUT2D eigenvalue weighted by molar-refractivity contribution is 5.25. The molecule has 1 aromatic rings. The summed E-state index contributed by atoms with van der Waals surface area (Å²) >= 11 is 0. The minimum absolute atomic E-state index is 0.584. The number of hydrogen-bond donors (Lipinski definition) is 1. The van der Waals surface area contributed by atoms with E-state index in [4.69, 9.17) is 0 Å². The van der Waals surface area contributed by atoms with Crippen molar-refractivity contribution in [2.45, 2.75) is 45.7 Å². The molecule has 2 nitrogen and oxygen atoms in total. The van der Waals surface area contributed by atoms with Crippen molar-refractivity contribution >= 4 is 0 Å². The number of rotatable bonds is 5. The molecule has 0 saturated carbocycles. The number of nitrogens with one attached hydrogen (secondary N) is 1. The zero-order chi connectivity index (χ0) is 12.8. The standard InChI is InChI=1S/C16H26N2/c1-3-18(4-2)13-14-8-10-15(11-9-14)16-7-5-6-12-17-16/h8-11,16-17H,3-7,12-13H2,1-2H3. The van der Waals surface area contributed by atoms with Gasteiger partial charge in [0.2, 0.25) is 0 Å². The summed E-state index contributed by atoms with van der Waals surface area (Å²) in [5.41, 5.74) is 2.89. The molecule has 0 bridgehead atoms. The Morgan fingerprint density at radius 2 is 1.83 bits per heavy atom. The lowest BCUT2D eigenvalue weighted by molar-refractivity contribution is 0.296. The zero-order valence-electron chi connectivity index (χ0n) is 11.8. The van der Waals surface area contributed by atoms with Gasteiger partial charge in [0.15, 0.2) is 0 Å². The van der Waals surface area contributed by atoms with Crippen LogP contribution in [0, 0.1) is 0 Å². The highest BCUT2D eigenvalue weighted by Crippen LogP contribution is 2.23. The van der Waals surface area contributed by atoms with Crippen LogP contribution in [-0.4, -0.2) is 24.5 Å². The predicted octanol–water partition coefficient (Wildman–Crippen LogP) is 3.34. The normalized spacial score (nSPS) is 20.3. The molecule has 2 heteroatoms. The molecule has 2 rings (SSSR count). The summed E-state index contributed by atoms with van der Waals surface area (Å²) in [5, 5.41) is 3.61. The van der Waals surface area contributed by atoms with Crippen LogP contribution in [0.25, 0.3) is 0 Å². The summed E-state index contributed by atoms with van der Waals surface area (Å²) < 4.78 is 0. The lowest BCUT2D eigenvalue weighted by Crippen LogP contribution is -2.26. The van der Waals surface area contributed by atoms with Crippen LogP contribution in [0.2, 0.25) is 0 Å². The topological polar surface area (TPSA) is 15.3 Å². The van der Waals surface area contributed by atoms with Crippen molar-refractivity contribution < 1.29 is 0 Å². The fourth-order valence-electron chi connectivity index (χ4n) is 2.70. The first kappa shape index (κ1) is 13.6. The maximum atomic E-state index is 3.61. The third-order valence-electron chi connectivity index (χ3n) is 3.99. The molecule has 0 radical (unpaired) electrons. The Kier molecular flexibility index (Phi) is 5.21. The van der Waals surface area contributed by atoms with Gasteiger partial charge in [-0.15, -0.1) is 0 Å². The van der Waals surface area contributed by atoms with Gasteiger partial charge in [0, 0.05) is 12.6 Å². The quantitative estimate of drug-likeness (QED) is 0.857. The van der Waals surface area contributed by atoms with Crippen molar-refractivity contribution in [3.05, 3.63) is 35.4 Å². The molecule has 1 fully saturated rings. The predicted molar refractivity (Wildman–Crippen MR) is 77.7 cm³/mol. The smallest absolute Gasteiger partial charge is 0.0320 e. The van der Waals surface area contributed by atoms with Gasteiger partial charge in [-0.1, -0.05) is 44.5 Å². The minimum atomic E-state index is 0.584. The average Bonchev–Trinajstić information content (AvgIpc) is 2.46. The molecule has 1 atom stereocenters. The summed E-state index contributed by atoms with van der Waals surface area (Å²) in [5.74, 6) is 0. The third kappa shape index (κ3) is 3.56. The molecular formula is C16H26N2. The Morgan fingerprint density at radius 1 is 1.11 bits per heavy atom. The van der Waals surface area contributed by atoms with Gasteiger partial charge in [-0.25, -0.2) is 0 Å². The van der Waals surface area contributed by atoms with E-state index in [-0.39, 0.29) is 0 Å². The van der Waals surface area contributed by atoms with Crippen molar-refractivity contribution in [1.29, 1.82) is 0 Å². The summed E-state index contributed by atoms with van der Waals surface area (Å²) in [6, 6.07) is 9.79. The monoisotopic (exact) mass is 246 g/mol. The van der Waals surface area contributed by atoms with Gasteiger partial charge in [0.1, 0.15) is 0 Å². The van der Waals surface area contributed by atoms with E-state index in [2.05, 4.69) is 48.3 Å². The number of benzene rings is 1. The SMILES string of the molecule is CCN(CC)Cc1ccc(C2CCCCN2)cc1. The Morgan fingerprint density at radius 3 is 2.39 bits per heavy atom. The van der Waals surface area contributed by atoms with Crippen molar-refractivity contribution in [3.63, 3.8) is 0 Å². The number of piperidine rings is 1. The lowest BCUT2D eigenvalue weighted by Gasteiger charge is -2.24. The van der Waals surface area contributed by atoms with E-state index in [9.17, 15) is 0 Å². The largest absolute Gasteiger partial charge is 0.310 e. The molecule has 1 unspecified atom stereocenters. The van der Waals surface area contributed by atoms with Crippen LogP contribution in [0.3, 0.4) is 0 Å². The van der Waals surface area contributed by atoms with E-state index in [1.165, 1.54) is 36.9 Å². The molecular weight excluding hydrogens is 220 g/mol. The highest BCUT2D eigenvalue weighted by atomic mass is 15.1. The summed E-state index contributed by atoms with van der Waals surface area (Å²) in [4.78, 5) is 2.45. The van der Waals surface area contributed by atoms with Gasteiger partial charge in [-0.2, -0.15) is 0 Å². The van der Waals surface area contributed by atoms with Crippen molar-refractivity contribution in [3.8, 4) is 0 Å². The first-order valence-corrected chi connectivity index (χ1v) is 7.38. The maximum Gasteiger partial charge on any atom is 0.0320 e. The molecule has 1 heterocycles. The van der Waals surface area contributed by atoms with E-state index in [0.29, 0.717) is 6.04 Å². The Bertz CT molecular complexity index is 335. The van der Waals surface area contributed by atoms with Gasteiger partial charge >= 0.3 is 0 Å². The highest BCUT2D eigenvalue weighted by Gasteiger charge is 2.14. The van der Waals surface area contributed by atoms with Crippen LogP contribution < -0.4 is 5.32 Å². The molecule has 1 saturated heterocycles. The minimum Gasteiger partial charge on any atom is -0.310 e. The van der Waals surface area contributed by atoms with Crippen LogP contribution in [0.4, 0.5) is 0 Å². The molecule has 100 valence electrons. The van der Waals surface area contributed by atoms with Crippen molar-refractivity contribution in [2.24, 2.45) is 0 Å². The first-order chi connectivity index (χ1) is 8.83. The van der Waals surface area contributed by atoms with E-state index >= 15 is 0 Å². The second-order valence-corrected chi connectivity index (χ2v) is 5.21. The first-order valence-electron chi connectivity index (χ1n) is 7.38. The zero-order valence-corrected chi connectivity index (χ0v) is 11.8. The summed E-state index contributed by atoms with van der Waals surface area (Å²) in [6.07, 6.45) is 3.98. The van der Waals surface area contributed by atoms with E-state index in [1.54, 1.807) is 0 Å². The van der Waals surface area contributed by atoms with Crippen LogP contribution in [0.1, 0.15) is 50.3 Å². The van der Waals surface area contributed by atoms with Crippen molar-refractivity contribution in [1.82, 2.24) is 10.2 Å². The molecule has 0 spiro atoms. The van der Waals surface area contributed by atoms with Gasteiger partial charge in [0.25, 0.3) is 0 Å². The molecule has 0 aliphatic carbocycles. The van der Waals surface area contributed by atoms with E-state index in [0.717, 1.165) is 19.6 Å². The van der Waals surface area contributed by atoms with Crippen molar-refractivity contribution in [2.75, 3.05) is 19.6 Å². The molecule has 1 N–H and O–H groups in total. The van der Waals surface area contributed by atoms with Gasteiger partial charge < -0.3 is 5.32 Å². The third-order valence-corrected chi connectivity index (χ3v) is 3.99. The molecule has 1 aliphatic rings. The van der Waals surface area contributed by atoms with Crippen LogP contribution in [0.15, 0.2) is 24.3 Å². The molecule has 18 heavy (non-hydrogen) atoms. The average molecular weight is 246 g/mol. The van der Waals surface area contributed by atoms with Crippen LogP contribution >= 0.6 is 0 Å². The molecule has 0 aromatic heterocycles. The van der Waals surface area contributed by atoms with E-state index in [1.807, 2.05) is 0 Å². The lowest BCUT2D eigenvalue weighted by atomic mass is 9.97. The number of nitrogens with zero attached hydrogens (tertiary/aromatic N) is 1. The number of hydrogen-bond acceptors (Lipinski definition) is 2. The summed E-state index contributed by atoms with van der Waals surface area (Å²) in [7, 11) is 0.